The van der Waals surface area contributed by atoms with Gasteiger partial charge in [0.2, 0.25) is 10.0 Å². The second-order valence-electron chi connectivity index (χ2n) is 4.82. The highest BCUT2D eigenvalue weighted by atomic mass is 32.2. The summed E-state index contributed by atoms with van der Waals surface area (Å²) in [7, 11) is -3.54. The second-order valence-corrected chi connectivity index (χ2v) is 6.59. The number of benzene rings is 1. The number of ether oxygens (including phenoxy) is 1. The van der Waals surface area contributed by atoms with Crippen molar-refractivity contribution in [3.63, 3.8) is 0 Å². The highest BCUT2D eigenvalue weighted by molar-refractivity contribution is 7.89. The number of nitrogens with one attached hydrogen (secondary N) is 1. The molecule has 1 aromatic rings. The molecule has 0 bridgehead atoms. The molecule has 2 rings (SSSR count). The third-order valence-corrected chi connectivity index (χ3v) is 4.63. The topological polar surface area (TPSA) is 92.7 Å². The van der Waals surface area contributed by atoms with Crippen molar-refractivity contribution in [2.24, 2.45) is 5.92 Å². The first kappa shape index (κ1) is 15.7. The number of rotatable bonds is 6. The summed E-state index contributed by atoms with van der Waals surface area (Å²) in [6.45, 7) is 1.63. The molecule has 1 atom stereocenters. The summed E-state index contributed by atoms with van der Waals surface area (Å²) in [4.78, 5) is 10.6. The summed E-state index contributed by atoms with van der Waals surface area (Å²) in [5.41, 5.74) is 0.626. The van der Waals surface area contributed by atoms with Gasteiger partial charge in [0, 0.05) is 19.2 Å². The fraction of sp³-hybridized carbons (Fsp3) is 0.357. The van der Waals surface area contributed by atoms with Crippen molar-refractivity contribution in [3.8, 4) is 0 Å². The van der Waals surface area contributed by atoms with E-state index >= 15 is 0 Å². The molecule has 0 saturated carbocycles. The Morgan fingerprint density at radius 3 is 2.67 bits per heavy atom. The van der Waals surface area contributed by atoms with Gasteiger partial charge in [-0.3, -0.25) is 0 Å². The van der Waals surface area contributed by atoms with Crippen molar-refractivity contribution in [1.29, 1.82) is 0 Å². The van der Waals surface area contributed by atoms with Crippen molar-refractivity contribution in [2.45, 2.75) is 11.3 Å². The summed E-state index contributed by atoms with van der Waals surface area (Å²) in [5, 5.41) is 8.53. The van der Waals surface area contributed by atoms with E-state index < -0.39 is 16.0 Å². The molecule has 1 fully saturated rings. The number of carboxylic acids is 1. The minimum atomic E-state index is -3.54. The van der Waals surface area contributed by atoms with Gasteiger partial charge in [0.15, 0.2) is 0 Å². The second kappa shape index (κ2) is 6.84. The van der Waals surface area contributed by atoms with Crippen LogP contribution >= 0.6 is 0 Å². The van der Waals surface area contributed by atoms with Crippen LogP contribution < -0.4 is 4.72 Å². The zero-order chi connectivity index (χ0) is 15.3. The summed E-state index contributed by atoms with van der Waals surface area (Å²) in [5.74, 6) is -0.829. The van der Waals surface area contributed by atoms with Gasteiger partial charge in [-0.1, -0.05) is 12.1 Å². The first-order valence-corrected chi connectivity index (χ1v) is 8.04. The standard InChI is InChI=1S/C14H17NO5S/c16-14(17)6-3-11-1-4-13(5-2-11)21(18,19)15-9-12-7-8-20-10-12/h1-6,12,15H,7-10H2,(H,16,17)/b6-3+. The van der Waals surface area contributed by atoms with Gasteiger partial charge < -0.3 is 9.84 Å². The SMILES string of the molecule is O=C(O)/C=C/c1ccc(S(=O)(=O)NCC2CCOC2)cc1. The van der Waals surface area contributed by atoms with Gasteiger partial charge in [-0.05, 0) is 36.1 Å². The van der Waals surface area contributed by atoms with Crippen LogP contribution in [0.15, 0.2) is 35.2 Å². The lowest BCUT2D eigenvalue weighted by Gasteiger charge is -2.10. The van der Waals surface area contributed by atoms with E-state index in [2.05, 4.69) is 4.72 Å². The van der Waals surface area contributed by atoms with Gasteiger partial charge in [0.25, 0.3) is 0 Å². The van der Waals surface area contributed by atoms with Crippen LogP contribution in [0.2, 0.25) is 0 Å². The summed E-state index contributed by atoms with van der Waals surface area (Å²) < 4.78 is 32.0. The fourth-order valence-corrected chi connectivity index (χ4v) is 3.10. The van der Waals surface area contributed by atoms with E-state index in [9.17, 15) is 13.2 Å². The van der Waals surface area contributed by atoms with Crippen molar-refractivity contribution >= 4 is 22.1 Å². The molecule has 0 aromatic heterocycles. The molecule has 1 aliphatic rings. The van der Waals surface area contributed by atoms with E-state index in [1.165, 1.54) is 18.2 Å². The quantitative estimate of drug-likeness (QED) is 0.767. The zero-order valence-corrected chi connectivity index (χ0v) is 12.2. The smallest absolute Gasteiger partial charge is 0.328 e. The predicted molar refractivity (Wildman–Crippen MR) is 77.2 cm³/mol. The average molecular weight is 311 g/mol. The zero-order valence-electron chi connectivity index (χ0n) is 11.4. The van der Waals surface area contributed by atoms with Crippen LogP contribution in [0.5, 0.6) is 0 Å². The third-order valence-electron chi connectivity index (χ3n) is 3.19. The molecule has 1 saturated heterocycles. The van der Waals surface area contributed by atoms with Crippen LogP contribution in [-0.2, 0) is 19.6 Å². The maximum Gasteiger partial charge on any atom is 0.328 e. The highest BCUT2D eigenvalue weighted by Crippen LogP contribution is 2.14. The van der Waals surface area contributed by atoms with Crippen LogP contribution in [0, 0.1) is 5.92 Å². The maximum atomic E-state index is 12.1. The Bertz CT molecular complexity index is 615. The Hall–Kier alpha value is -1.70. The van der Waals surface area contributed by atoms with Crippen LogP contribution in [0.1, 0.15) is 12.0 Å². The van der Waals surface area contributed by atoms with E-state index in [1.807, 2.05) is 0 Å². The van der Waals surface area contributed by atoms with Crippen molar-refractivity contribution in [3.05, 3.63) is 35.9 Å². The summed E-state index contributed by atoms with van der Waals surface area (Å²) >= 11 is 0. The lowest BCUT2D eigenvalue weighted by molar-refractivity contribution is -0.131. The number of carboxylic acid groups (broad SMARTS) is 1. The van der Waals surface area contributed by atoms with Gasteiger partial charge in [-0.2, -0.15) is 0 Å². The van der Waals surface area contributed by atoms with Crippen LogP contribution in [0.25, 0.3) is 6.08 Å². The summed E-state index contributed by atoms with van der Waals surface area (Å²) in [6.07, 6.45) is 3.27. The monoisotopic (exact) mass is 311 g/mol. The van der Waals surface area contributed by atoms with E-state index in [0.29, 0.717) is 25.3 Å². The Morgan fingerprint density at radius 2 is 2.10 bits per heavy atom. The predicted octanol–water partition coefficient (Wildman–Crippen LogP) is 1.10. The molecular weight excluding hydrogens is 294 g/mol. The van der Waals surface area contributed by atoms with E-state index in [-0.39, 0.29) is 10.8 Å². The molecule has 21 heavy (non-hydrogen) atoms. The normalized spacial score (nSPS) is 19.1. The molecule has 1 unspecified atom stereocenters. The molecule has 6 nitrogen and oxygen atoms in total. The molecule has 1 heterocycles. The molecule has 1 aliphatic heterocycles. The number of aliphatic carboxylic acids is 1. The molecule has 0 aliphatic carbocycles. The van der Waals surface area contributed by atoms with Crippen molar-refractivity contribution in [1.82, 2.24) is 4.72 Å². The molecule has 0 amide bonds. The third kappa shape index (κ3) is 4.66. The Labute approximate surface area is 123 Å². The fourth-order valence-electron chi connectivity index (χ4n) is 1.98. The lowest BCUT2D eigenvalue weighted by Crippen LogP contribution is -2.29. The van der Waals surface area contributed by atoms with Crippen molar-refractivity contribution < 1.29 is 23.1 Å². The molecule has 1 aromatic carbocycles. The molecule has 0 radical (unpaired) electrons. The van der Waals surface area contributed by atoms with Gasteiger partial charge in [0.1, 0.15) is 0 Å². The van der Waals surface area contributed by atoms with Crippen LogP contribution in [0.4, 0.5) is 0 Å². The first-order valence-electron chi connectivity index (χ1n) is 6.56. The van der Waals surface area contributed by atoms with Crippen LogP contribution in [0.3, 0.4) is 0 Å². The molecule has 114 valence electrons. The minimum Gasteiger partial charge on any atom is -0.478 e. The number of carbonyl (C=O) groups is 1. The van der Waals surface area contributed by atoms with Crippen molar-refractivity contribution in [2.75, 3.05) is 19.8 Å². The van der Waals surface area contributed by atoms with E-state index in [0.717, 1.165) is 12.5 Å². The van der Waals surface area contributed by atoms with E-state index in [1.54, 1.807) is 12.1 Å². The highest BCUT2D eigenvalue weighted by Gasteiger charge is 2.20. The van der Waals surface area contributed by atoms with Gasteiger partial charge in [0.05, 0.1) is 11.5 Å². The summed E-state index contributed by atoms with van der Waals surface area (Å²) in [6, 6.07) is 6.03. The minimum absolute atomic E-state index is 0.161. The number of hydrogen-bond donors (Lipinski definition) is 2. The first-order chi connectivity index (χ1) is 9.97. The largest absolute Gasteiger partial charge is 0.478 e. The molecule has 2 N–H and O–H groups in total. The van der Waals surface area contributed by atoms with E-state index in [4.69, 9.17) is 9.84 Å². The maximum absolute atomic E-state index is 12.1. The lowest BCUT2D eigenvalue weighted by atomic mass is 10.1. The Kier molecular flexibility index (Phi) is 5.11. The van der Waals surface area contributed by atoms with Gasteiger partial charge in [-0.15, -0.1) is 0 Å². The van der Waals surface area contributed by atoms with Crippen LogP contribution in [-0.4, -0.2) is 39.3 Å². The molecular formula is C14H17NO5S. The average Bonchev–Trinajstić information content (AvgIpc) is 2.97. The van der Waals surface area contributed by atoms with Gasteiger partial charge in [-0.25, -0.2) is 17.9 Å². The number of hydrogen-bond acceptors (Lipinski definition) is 4. The molecule has 7 heteroatoms. The Balaban J connectivity index is 2.00. The molecule has 0 spiro atoms. The Morgan fingerprint density at radius 1 is 1.38 bits per heavy atom. The van der Waals surface area contributed by atoms with Gasteiger partial charge >= 0.3 is 5.97 Å². The number of sulfonamides is 1.